The minimum atomic E-state index is -0.624. The summed E-state index contributed by atoms with van der Waals surface area (Å²) in [6.07, 6.45) is -0.445. The molecule has 0 atom stereocenters. The van der Waals surface area contributed by atoms with Crippen molar-refractivity contribution < 1.29 is 23.5 Å². The third-order valence-corrected chi connectivity index (χ3v) is 7.70. The molecule has 0 saturated heterocycles. The second-order valence-corrected chi connectivity index (χ2v) is 12.3. The van der Waals surface area contributed by atoms with Gasteiger partial charge in [-0.05, 0) is 76.4 Å². The molecule has 248 valence electrons. The van der Waals surface area contributed by atoms with E-state index >= 15 is 0 Å². The van der Waals surface area contributed by atoms with Gasteiger partial charge in [0.1, 0.15) is 5.60 Å². The molecule has 3 aromatic rings. The number of ether oxygens (including phenoxy) is 1. The molecule has 0 fully saturated rings. The highest BCUT2D eigenvalue weighted by molar-refractivity contribution is 5.87. The van der Waals surface area contributed by atoms with E-state index in [1.807, 2.05) is 37.1 Å². The zero-order valence-corrected chi connectivity index (χ0v) is 27.8. The first-order chi connectivity index (χ1) is 21.8. The molecular weight excluding hydrogens is 590 g/mol. The summed E-state index contributed by atoms with van der Waals surface area (Å²) in [5.41, 5.74) is 3.77. The topological polar surface area (TPSA) is 133 Å². The van der Waals surface area contributed by atoms with Crippen molar-refractivity contribution in [2.45, 2.75) is 66.8 Å². The average molecular weight is 636 g/mol. The molecule has 2 heterocycles. The molecule has 46 heavy (non-hydrogen) atoms. The molecule has 1 aliphatic rings. The van der Waals surface area contributed by atoms with Crippen LogP contribution in [0.2, 0.25) is 0 Å². The first kappa shape index (κ1) is 34.2. The van der Waals surface area contributed by atoms with Crippen LogP contribution in [0, 0.1) is 6.92 Å². The quantitative estimate of drug-likeness (QED) is 0.318. The second-order valence-electron chi connectivity index (χ2n) is 12.3. The summed E-state index contributed by atoms with van der Waals surface area (Å²) in [4.78, 5) is 54.7. The van der Waals surface area contributed by atoms with Crippen LogP contribution < -0.4 is 16.0 Å². The van der Waals surface area contributed by atoms with E-state index in [1.165, 1.54) is 20.7 Å². The largest absolute Gasteiger partial charge is 0.444 e. The van der Waals surface area contributed by atoms with Gasteiger partial charge in [-0.15, -0.1) is 5.10 Å². The van der Waals surface area contributed by atoms with Crippen molar-refractivity contribution in [2.75, 3.05) is 44.7 Å². The van der Waals surface area contributed by atoms with Crippen LogP contribution in [0.5, 0.6) is 0 Å². The van der Waals surface area contributed by atoms with E-state index in [9.17, 15) is 19.2 Å². The van der Waals surface area contributed by atoms with Crippen LogP contribution in [0.3, 0.4) is 0 Å². The highest BCUT2D eigenvalue weighted by Gasteiger charge is 2.27. The molecule has 0 bridgehead atoms. The Morgan fingerprint density at radius 1 is 1.04 bits per heavy atom. The number of hydrogen-bond donors (Lipinski definition) is 1. The third-order valence-electron chi connectivity index (χ3n) is 7.70. The summed E-state index contributed by atoms with van der Waals surface area (Å²) in [5, 5.41) is 10.7. The Hall–Kier alpha value is -4.65. The van der Waals surface area contributed by atoms with Gasteiger partial charge in [-0.25, -0.2) is 14.6 Å². The predicted octanol–water partition coefficient (Wildman–Crippen LogP) is 3.40. The number of likely N-dealkylation sites (N-methyl/N-ethyl adjacent to an activating group) is 2. The van der Waals surface area contributed by atoms with E-state index in [-0.39, 0.29) is 43.9 Å². The van der Waals surface area contributed by atoms with Gasteiger partial charge in [0, 0.05) is 57.6 Å². The minimum Gasteiger partial charge on any atom is -0.444 e. The van der Waals surface area contributed by atoms with Gasteiger partial charge in [-0.2, -0.15) is 4.68 Å². The molecular formula is C33H45N7O6. The van der Waals surface area contributed by atoms with Crippen molar-refractivity contribution in [3.63, 3.8) is 0 Å². The first-order valence-electron chi connectivity index (χ1n) is 15.6. The third kappa shape index (κ3) is 8.53. The van der Waals surface area contributed by atoms with Gasteiger partial charge in [-0.3, -0.25) is 14.6 Å². The molecule has 1 N–H and O–H groups in total. The van der Waals surface area contributed by atoms with E-state index in [4.69, 9.17) is 9.15 Å². The monoisotopic (exact) mass is 635 g/mol. The fourth-order valence-electron chi connectivity index (χ4n) is 5.21. The molecule has 3 amide bonds. The molecule has 0 aliphatic carbocycles. The summed E-state index contributed by atoms with van der Waals surface area (Å²) in [5.74, 6) is -0.830. The Morgan fingerprint density at radius 2 is 1.72 bits per heavy atom. The summed E-state index contributed by atoms with van der Waals surface area (Å²) < 4.78 is 12.0. The number of nitrogens with zero attached hydrogens (tertiary/aromatic N) is 6. The number of hydrazine groups is 1. The Bertz CT molecular complexity index is 1580. The summed E-state index contributed by atoms with van der Waals surface area (Å²) in [6.45, 7) is 13.3. The minimum absolute atomic E-state index is 0.0600. The maximum atomic E-state index is 13.6. The molecule has 0 spiro atoms. The molecule has 2 aromatic carbocycles. The number of rotatable bonds is 12. The fraction of sp³-hybridized carbons (Fsp3) is 0.485. The Morgan fingerprint density at radius 3 is 2.28 bits per heavy atom. The van der Waals surface area contributed by atoms with Crippen molar-refractivity contribution in [2.24, 2.45) is 0 Å². The maximum absolute atomic E-state index is 13.6. The van der Waals surface area contributed by atoms with Crippen LogP contribution in [0.1, 0.15) is 51.3 Å². The van der Waals surface area contributed by atoms with E-state index in [0.29, 0.717) is 37.4 Å². The summed E-state index contributed by atoms with van der Waals surface area (Å²) >= 11 is 0. The van der Waals surface area contributed by atoms with E-state index in [0.717, 1.165) is 5.56 Å². The standard InChI is InChI=1S/C33H45N7O6/c1-8-37(31(43)46-33(4,5)6)17-16-34-28(41)21-38(22-29(42)36(7)39-19-25-12-10-11-13-26(25)20-39)27-15-14-24(18-23(27)3)30-35-40(9-2)32(44)45-30/h10-15,18H,8-9,16-17,19-22H2,1-7H3,(H,34,41). The zero-order chi connectivity index (χ0) is 33.6. The van der Waals surface area contributed by atoms with E-state index in [2.05, 4.69) is 22.5 Å². The van der Waals surface area contributed by atoms with Crippen molar-refractivity contribution in [1.29, 1.82) is 0 Å². The number of carbonyl (C=O) groups is 3. The van der Waals surface area contributed by atoms with E-state index < -0.39 is 17.5 Å². The van der Waals surface area contributed by atoms with Crippen molar-refractivity contribution in [1.82, 2.24) is 30.0 Å². The molecule has 4 rings (SSSR count). The SMILES string of the molecule is CCN(CCNC(=O)CN(CC(=O)N(C)N1Cc2ccccc2C1)c1ccc(-c2nn(CC)c(=O)o2)cc1C)C(=O)OC(C)(C)C. The number of aromatic nitrogens is 2. The van der Waals surface area contributed by atoms with Crippen molar-refractivity contribution in [3.05, 3.63) is 69.7 Å². The average Bonchev–Trinajstić information content (AvgIpc) is 3.61. The molecule has 0 radical (unpaired) electrons. The van der Waals surface area contributed by atoms with Crippen LogP contribution in [0.15, 0.2) is 51.7 Å². The number of hydrogen-bond acceptors (Lipinski definition) is 9. The lowest BCUT2D eigenvalue weighted by atomic mass is 10.1. The molecule has 13 nitrogen and oxygen atoms in total. The fourth-order valence-corrected chi connectivity index (χ4v) is 5.21. The van der Waals surface area contributed by atoms with Crippen molar-refractivity contribution >= 4 is 23.6 Å². The van der Waals surface area contributed by atoms with Crippen LogP contribution in [0.4, 0.5) is 10.5 Å². The predicted molar refractivity (Wildman–Crippen MR) is 174 cm³/mol. The Kier molecular flexibility index (Phi) is 10.9. The maximum Gasteiger partial charge on any atom is 0.437 e. The zero-order valence-electron chi connectivity index (χ0n) is 27.8. The lowest BCUT2D eigenvalue weighted by Crippen LogP contribution is -2.48. The summed E-state index contributed by atoms with van der Waals surface area (Å²) in [6, 6.07) is 13.5. The molecule has 0 unspecified atom stereocenters. The van der Waals surface area contributed by atoms with Crippen LogP contribution in [-0.4, -0.2) is 88.0 Å². The second kappa shape index (κ2) is 14.6. The smallest absolute Gasteiger partial charge is 0.437 e. The lowest BCUT2D eigenvalue weighted by Gasteiger charge is -2.32. The lowest BCUT2D eigenvalue weighted by molar-refractivity contribution is -0.145. The number of fused-ring (bicyclic) bond motifs is 1. The number of aryl methyl sites for hydroxylation is 2. The van der Waals surface area contributed by atoms with Gasteiger partial charge in [0.25, 0.3) is 5.91 Å². The van der Waals surface area contributed by atoms with Gasteiger partial charge in [0.2, 0.25) is 11.8 Å². The van der Waals surface area contributed by atoms with Crippen molar-refractivity contribution in [3.8, 4) is 11.5 Å². The highest BCUT2D eigenvalue weighted by atomic mass is 16.6. The van der Waals surface area contributed by atoms with Gasteiger partial charge in [0.15, 0.2) is 0 Å². The number of carbonyl (C=O) groups excluding carboxylic acids is 3. The Labute approximate surface area is 269 Å². The Balaban J connectivity index is 1.49. The van der Waals surface area contributed by atoms with Gasteiger partial charge < -0.3 is 24.3 Å². The first-order valence-corrected chi connectivity index (χ1v) is 15.6. The molecule has 0 saturated carbocycles. The molecule has 13 heteroatoms. The van der Waals surface area contributed by atoms with Gasteiger partial charge in [-0.1, -0.05) is 24.3 Å². The highest BCUT2D eigenvalue weighted by Crippen LogP contribution is 2.27. The van der Waals surface area contributed by atoms with E-state index in [1.54, 1.807) is 56.8 Å². The number of anilines is 1. The van der Waals surface area contributed by atoms with Gasteiger partial charge in [0.05, 0.1) is 13.1 Å². The van der Waals surface area contributed by atoms with Crippen LogP contribution in [-0.2, 0) is 34.0 Å². The van der Waals surface area contributed by atoms with Crippen LogP contribution >= 0.6 is 0 Å². The number of benzene rings is 2. The summed E-state index contributed by atoms with van der Waals surface area (Å²) in [7, 11) is 1.74. The van der Waals surface area contributed by atoms with Gasteiger partial charge >= 0.3 is 11.8 Å². The molecule has 1 aromatic heterocycles. The number of amides is 3. The molecule has 1 aliphatic heterocycles. The van der Waals surface area contributed by atoms with Crippen LogP contribution in [0.25, 0.3) is 11.5 Å². The normalized spacial score (nSPS) is 12.8. The number of nitrogens with one attached hydrogen (secondary N) is 1.